The summed E-state index contributed by atoms with van der Waals surface area (Å²) in [6.45, 7) is 0. The Balaban J connectivity index is 2.04. The van der Waals surface area contributed by atoms with Crippen LogP contribution in [-0.4, -0.2) is 13.3 Å². The summed E-state index contributed by atoms with van der Waals surface area (Å²) in [4.78, 5) is 1.30. The van der Waals surface area contributed by atoms with Crippen LogP contribution in [0.2, 0.25) is 0 Å². The van der Waals surface area contributed by atoms with Gasteiger partial charge in [0.25, 0.3) is 0 Å². The summed E-state index contributed by atoms with van der Waals surface area (Å²) < 4.78 is 1.35. The van der Waals surface area contributed by atoms with Gasteiger partial charge in [0.05, 0.1) is 6.04 Å². The molecule has 0 aliphatic rings. The molecule has 0 bridgehead atoms. The van der Waals surface area contributed by atoms with E-state index in [-0.39, 0.29) is 6.04 Å². The van der Waals surface area contributed by atoms with Gasteiger partial charge in [-0.1, -0.05) is 30.3 Å². The van der Waals surface area contributed by atoms with Gasteiger partial charge < -0.3 is 5.32 Å². The molecule has 0 fully saturated rings. The summed E-state index contributed by atoms with van der Waals surface area (Å²) >= 11 is 3.59. The highest BCUT2D eigenvalue weighted by molar-refractivity contribution is 7.98. The molecule has 0 aliphatic carbocycles. The lowest BCUT2D eigenvalue weighted by Crippen LogP contribution is -2.17. The molecule has 102 valence electrons. The highest BCUT2D eigenvalue weighted by Crippen LogP contribution is 2.33. The van der Waals surface area contributed by atoms with Gasteiger partial charge in [-0.05, 0) is 53.4 Å². The zero-order valence-electron chi connectivity index (χ0n) is 11.6. The maximum atomic E-state index is 3.45. The Kier molecular flexibility index (Phi) is 4.10. The third-order valence-electron chi connectivity index (χ3n) is 3.56. The first-order valence-corrected chi connectivity index (χ1v) is 8.71. The topological polar surface area (TPSA) is 12.0 Å². The minimum atomic E-state index is 0.252. The minimum Gasteiger partial charge on any atom is -0.309 e. The molecule has 20 heavy (non-hydrogen) atoms. The number of benzene rings is 2. The van der Waals surface area contributed by atoms with Crippen molar-refractivity contribution in [3.63, 3.8) is 0 Å². The number of hydrogen-bond acceptors (Lipinski definition) is 3. The molecule has 1 unspecified atom stereocenters. The standard InChI is InChI=1S/C17H17NS2/c1-18-17(12-7-9-13(19-2)10-8-12)15-11-20-16-6-4-3-5-14(15)16/h3-11,17-18H,1-2H3. The SMILES string of the molecule is CNC(c1ccc(SC)cc1)c1csc2ccccc12. The monoisotopic (exact) mass is 299 g/mol. The van der Waals surface area contributed by atoms with Gasteiger partial charge in [0, 0.05) is 9.60 Å². The third kappa shape index (κ3) is 2.49. The maximum absolute atomic E-state index is 3.45. The van der Waals surface area contributed by atoms with Crippen molar-refractivity contribution in [1.82, 2.24) is 5.32 Å². The molecule has 1 aromatic heterocycles. The van der Waals surface area contributed by atoms with Gasteiger partial charge in [-0.25, -0.2) is 0 Å². The molecule has 0 radical (unpaired) electrons. The average Bonchev–Trinajstić information content (AvgIpc) is 2.93. The Morgan fingerprint density at radius 2 is 1.80 bits per heavy atom. The Hall–Kier alpha value is -1.29. The Morgan fingerprint density at radius 3 is 2.50 bits per heavy atom. The van der Waals surface area contributed by atoms with Gasteiger partial charge in [0.2, 0.25) is 0 Å². The Morgan fingerprint density at radius 1 is 1.05 bits per heavy atom. The first-order valence-electron chi connectivity index (χ1n) is 6.61. The normalized spacial score (nSPS) is 12.7. The van der Waals surface area contributed by atoms with Crippen molar-refractivity contribution in [2.45, 2.75) is 10.9 Å². The Bertz CT molecular complexity index is 700. The number of thioether (sulfide) groups is 1. The first-order chi connectivity index (χ1) is 9.83. The van der Waals surface area contributed by atoms with E-state index in [1.54, 1.807) is 11.8 Å². The molecular weight excluding hydrogens is 282 g/mol. The predicted molar refractivity (Wildman–Crippen MR) is 91.0 cm³/mol. The summed E-state index contributed by atoms with van der Waals surface area (Å²) in [6, 6.07) is 17.7. The van der Waals surface area contributed by atoms with Gasteiger partial charge in [0.15, 0.2) is 0 Å². The van der Waals surface area contributed by atoms with E-state index in [1.807, 2.05) is 18.4 Å². The van der Waals surface area contributed by atoms with E-state index < -0.39 is 0 Å². The van der Waals surface area contributed by atoms with Crippen molar-refractivity contribution < 1.29 is 0 Å². The van der Waals surface area contributed by atoms with E-state index in [0.29, 0.717) is 0 Å². The molecule has 3 aromatic rings. The highest BCUT2D eigenvalue weighted by atomic mass is 32.2. The lowest BCUT2D eigenvalue weighted by Gasteiger charge is -2.16. The van der Waals surface area contributed by atoms with Crippen molar-refractivity contribution in [3.05, 3.63) is 65.0 Å². The summed E-state index contributed by atoms with van der Waals surface area (Å²) in [7, 11) is 2.03. The van der Waals surface area contributed by atoms with E-state index in [2.05, 4.69) is 65.5 Å². The van der Waals surface area contributed by atoms with Gasteiger partial charge in [-0.2, -0.15) is 0 Å². The third-order valence-corrected chi connectivity index (χ3v) is 5.29. The molecule has 3 heteroatoms. The van der Waals surface area contributed by atoms with Crippen LogP contribution in [0.3, 0.4) is 0 Å². The van der Waals surface area contributed by atoms with Crippen LogP contribution in [-0.2, 0) is 0 Å². The summed E-state index contributed by atoms with van der Waals surface area (Å²) in [5.74, 6) is 0. The van der Waals surface area contributed by atoms with Gasteiger partial charge in [0.1, 0.15) is 0 Å². The molecule has 0 aliphatic heterocycles. The van der Waals surface area contributed by atoms with Crippen molar-refractivity contribution in [1.29, 1.82) is 0 Å². The number of rotatable bonds is 4. The second-order valence-electron chi connectivity index (χ2n) is 4.68. The summed E-state index contributed by atoms with van der Waals surface area (Å²) in [6.07, 6.45) is 2.11. The van der Waals surface area contributed by atoms with Crippen LogP contribution in [0.15, 0.2) is 58.8 Å². The van der Waals surface area contributed by atoms with Crippen LogP contribution in [0.5, 0.6) is 0 Å². The lowest BCUT2D eigenvalue weighted by atomic mass is 9.98. The van der Waals surface area contributed by atoms with Crippen molar-refractivity contribution in [2.75, 3.05) is 13.3 Å². The molecular formula is C17H17NS2. The van der Waals surface area contributed by atoms with E-state index in [9.17, 15) is 0 Å². The van der Waals surface area contributed by atoms with Crippen LogP contribution in [0.1, 0.15) is 17.2 Å². The minimum absolute atomic E-state index is 0.252. The van der Waals surface area contributed by atoms with Crippen LogP contribution in [0.25, 0.3) is 10.1 Å². The fourth-order valence-electron chi connectivity index (χ4n) is 2.52. The second kappa shape index (κ2) is 6.00. The van der Waals surface area contributed by atoms with E-state index in [4.69, 9.17) is 0 Å². The predicted octanol–water partition coefficient (Wildman–Crippen LogP) is 4.93. The zero-order valence-corrected chi connectivity index (χ0v) is 13.2. The molecule has 0 saturated heterocycles. The van der Waals surface area contributed by atoms with Crippen LogP contribution in [0, 0.1) is 0 Å². The molecule has 2 aromatic carbocycles. The van der Waals surface area contributed by atoms with Crippen molar-refractivity contribution >= 4 is 33.2 Å². The molecule has 1 N–H and O–H groups in total. The quantitative estimate of drug-likeness (QED) is 0.685. The number of nitrogens with one attached hydrogen (secondary N) is 1. The average molecular weight is 299 g/mol. The van der Waals surface area contributed by atoms with Crippen molar-refractivity contribution in [2.24, 2.45) is 0 Å². The molecule has 1 nitrogen and oxygen atoms in total. The van der Waals surface area contributed by atoms with Gasteiger partial charge >= 0.3 is 0 Å². The van der Waals surface area contributed by atoms with Gasteiger partial charge in [-0.3, -0.25) is 0 Å². The van der Waals surface area contributed by atoms with E-state index in [1.165, 1.54) is 26.1 Å². The Labute approximate surface area is 128 Å². The summed E-state index contributed by atoms with van der Waals surface area (Å²) in [5.41, 5.74) is 2.68. The molecule has 1 heterocycles. The van der Waals surface area contributed by atoms with E-state index in [0.717, 1.165) is 0 Å². The molecule has 1 atom stereocenters. The van der Waals surface area contributed by atoms with Crippen LogP contribution >= 0.6 is 23.1 Å². The molecule has 0 saturated carbocycles. The zero-order chi connectivity index (χ0) is 13.9. The summed E-state index contributed by atoms with van der Waals surface area (Å²) in [5, 5.41) is 7.07. The lowest BCUT2D eigenvalue weighted by molar-refractivity contribution is 0.698. The van der Waals surface area contributed by atoms with Gasteiger partial charge in [-0.15, -0.1) is 23.1 Å². The smallest absolute Gasteiger partial charge is 0.0588 e. The van der Waals surface area contributed by atoms with Crippen LogP contribution < -0.4 is 5.32 Å². The molecule has 0 amide bonds. The highest BCUT2D eigenvalue weighted by Gasteiger charge is 2.15. The number of hydrogen-bond donors (Lipinski definition) is 1. The van der Waals surface area contributed by atoms with E-state index >= 15 is 0 Å². The fourth-order valence-corrected chi connectivity index (χ4v) is 3.92. The molecule has 3 rings (SSSR count). The number of fused-ring (bicyclic) bond motifs is 1. The molecule has 0 spiro atoms. The second-order valence-corrected chi connectivity index (χ2v) is 6.47. The largest absolute Gasteiger partial charge is 0.309 e. The van der Waals surface area contributed by atoms with Crippen molar-refractivity contribution in [3.8, 4) is 0 Å². The van der Waals surface area contributed by atoms with Crippen LogP contribution in [0.4, 0.5) is 0 Å². The fraction of sp³-hybridized carbons (Fsp3) is 0.176. The first kappa shape index (κ1) is 13.7. The number of thiophene rings is 1. The maximum Gasteiger partial charge on any atom is 0.0588 e.